The number of ketones is 1. The molecule has 100 valence electrons. The number of carbonyl (C=O) groups is 1. The minimum Gasteiger partial charge on any atom is -0.507 e. The second kappa shape index (κ2) is 5.40. The highest BCUT2D eigenvalue weighted by molar-refractivity contribution is 7.71. The van der Waals surface area contributed by atoms with Crippen LogP contribution in [0.5, 0.6) is 5.75 Å². The topological polar surface area (TPSA) is 47.2 Å². The summed E-state index contributed by atoms with van der Waals surface area (Å²) in [6, 6.07) is 6.54. The number of hydrogen-bond donors (Lipinski definition) is 1. The van der Waals surface area contributed by atoms with E-state index in [4.69, 9.17) is 12.2 Å². The largest absolute Gasteiger partial charge is 0.507 e. The molecule has 0 unspecified atom stereocenters. The Labute approximate surface area is 116 Å². The molecule has 0 aliphatic carbocycles. The van der Waals surface area contributed by atoms with Gasteiger partial charge in [0, 0.05) is 19.3 Å². The molecule has 5 heteroatoms. The van der Waals surface area contributed by atoms with E-state index >= 15 is 0 Å². The van der Waals surface area contributed by atoms with Crippen LogP contribution < -0.4 is 0 Å². The lowest BCUT2D eigenvalue weighted by molar-refractivity contribution is 0.102. The highest BCUT2D eigenvalue weighted by Crippen LogP contribution is 2.20. The Kier molecular flexibility index (Phi) is 3.85. The van der Waals surface area contributed by atoms with Crippen molar-refractivity contribution in [1.29, 1.82) is 0 Å². The fourth-order valence-corrected chi connectivity index (χ4v) is 2.46. The third-order valence-electron chi connectivity index (χ3n) is 3.08. The fourth-order valence-electron chi connectivity index (χ4n) is 2.05. The standard InChI is InChI=1S/C14H16N2O2S/c1-3-15-9-11(16(4-2)14(15)19)13(18)10-7-5-6-8-12(10)17/h5-9,17H,3-4H2,1-2H3. The number of nitrogens with zero attached hydrogens (tertiary/aromatic N) is 2. The molecule has 0 radical (unpaired) electrons. The van der Waals surface area contributed by atoms with E-state index in [9.17, 15) is 9.90 Å². The van der Waals surface area contributed by atoms with Crippen molar-refractivity contribution >= 4 is 18.0 Å². The number of phenolic OH excluding ortho intramolecular Hbond substituents is 1. The molecule has 4 nitrogen and oxygen atoms in total. The van der Waals surface area contributed by atoms with Gasteiger partial charge in [-0.3, -0.25) is 4.79 Å². The van der Waals surface area contributed by atoms with Crippen LogP contribution in [0.3, 0.4) is 0 Å². The van der Waals surface area contributed by atoms with Crippen LogP contribution in [0.25, 0.3) is 0 Å². The number of aryl methyl sites for hydroxylation is 1. The van der Waals surface area contributed by atoms with Gasteiger partial charge in [-0.05, 0) is 38.2 Å². The van der Waals surface area contributed by atoms with Crippen molar-refractivity contribution in [1.82, 2.24) is 9.13 Å². The van der Waals surface area contributed by atoms with E-state index in [1.54, 1.807) is 29.0 Å². The van der Waals surface area contributed by atoms with Gasteiger partial charge < -0.3 is 14.2 Å². The molecule has 0 atom stereocenters. The zero-order valence-corrected chi connectivity index (χ0v) is 11.8. The molecule has 19 heavy (non-hydrogen) atoms. The molecule has 1 aromatic carbocycles. The first-order valence-electron chi connectivity index (χ1n) is 6.22. The Morgan fingerprint density at radius 1 is 1.26 bits per heavy atom. The lowest BCUT2D eigenvalue weighted by atomic mass is 10.1. The van der Waals surface area contributed by atoms with Crippen molar-refractivity contribution in [2.75, 3.05) is 0 Å². The zero-order valence-electron chi connectivity index (χ0n) is 11.0. The summed E-state index contributed by atoms with van der Waals surface area (Å²) in [5.41, 5.74) is 0.809. The summed E-state index contributed by atoms with van der Waals surface area (Å²) < 4.78 is 4.27. The summed E-state index contributed by atoms with van der Waals surface area (Å²) in [6.07, 6.45) is 1.75. The number of benzene rings is 1. The average molecular weight is 276 g/mol. The molecule has 1 aromatic heterocycles. The quantitative estimate of drug-likeness (QED) is 0.690. The first-order valence-corrected chi connectivity index (χ1v) is 6.63. The van der Waals surface area contributed by atoms with Crippen molar-refractivity contribution in [3.05, 3.63) is 46.5 Å². The minimum absolute atomic E-state index is 0.00896. The number of phenols is 1. The van der Waals surface area contributed by atoms with Crippen LogP contribution >= 0.6 is 12.2 Å². The molecule has 0 aliphatic heterocycles. The van der Waals surface area contributed by atoms with E-state index in [-0.39, 0.29) is 11.5 Å². The minimum atomic E-state index is -0.210. The third-order valence-corrected chi connectivity index (χ3v) is 3.54. The van der Waals surface area contributed by atoms with E-state index in [2.05, 4.69) is 0 Å². The molecule has 1 heterocycles. The molecular formula is C14H16N2O2S. The number of carbonyl (C=O) groups excluding carboxylic acids is 1. The Morgan fingerprint density at radius 2 is 1.95 bits per heavy atom. The Hall–Kier alpha value is -1.88. The molecule has 0 spiro atoms. The summed E-state index contributed by atoms with van der Waals surface area (Å²) in [4.78, 5) is 12.5. The monoisotopic (exact) mass is 276 g/mol. The second-order valence-corrected chi connectivity index (χ2v) is 4.54. The first-order chi connectivity index (χ1) is 9.10. The molecule has 0 saturated carbocycles. The molecule has 1 N–H and O–H groups in total. The summed E-state index contributed by atoms with van der Waals surface area (Å²) in [6.45, 7) is 5.26. The molecule has 0 amide bonds. The number of aromatic hydroxyl groups is 1. The number of para-hydroxylation sites is 1. The van der Waals surface area contributed by atoms with Crippen LogP contribution in [0.4, 0.5) is 0 Å². The van der Waals surface area contributed by atoms with Crippen molar-refractivity contribution in [3.8, 4) is 5.75 Å². The van der Waals surface area contributed by atoms with E-state index in [1.807, 2.05) is 18.4 Å². The lowest BCUT2D eigenvalue weighted by Crippen LogP contribution is -2.09. The van der Waals surface area contributed by atoms with Gasteiger partial charge in [0.1, 0.15) is 11.4 Å². The normalized spacial score (nSPS) is 10.6. The maximum Gasteiger partial charge on any atom is 0.214 e. The number of rotatable bonds is 4. The van der Waals surface area contributed by atoms with E-state index < -0.39 is 0 Å². The SMILES string of the molecule is CCn1cc(C(=O)c2ccccc2O)n(CC)c1=S. The average Bonchev–Trinajstić information content (AvgIpc) is 2.74. The maximum atomic E-state index is 12.5. The van der Waals surface area contributed by atoms with Gasteiger partial charge >= 0.3 is 0 Å². The number of aromatic nitrogens is 2. The van der Waals surface area contributed by atoms with Gasteiger partial charge in [-0.1, -0.05) is 12.1 Å². The maximum absolute atomic E-state index is 12.5. The van der Waals surface area contributed by atoms with Gasteiger partial charge in [0.15, 0.2) is 4.77 Å². The van der Waals surface area contributed by atoms with Crippen molar-refractivity contribution in [2.45, 2.75) is 26.9 Å². The van der Waals surface area contributed by atoms with E-state index in [0.717, 1.165) is 0 Å². The second-order valence-electron chi connectivity index (χ2n) is 4.17. The van der Waals surface area contributed by atoms with Gasteiger partial charge in [-0.25, -0.2) is 0 Å². The van der Waals surface area contributed by atoms with E-state index in [1.165, 1.54) is 6.07 Å². The summed E-state index contributed by atoms with van der Waals surface area (Å²) in [5.74, 6) is -0.219. The van der Waals surface area contributed by atoms with Crippen LogP contribution in [0, 0.1) is 4.77 Å². The van der Waals surface area contributed by atoms with Crippen molar-refractivity contribution < 1.29 is 9.90 Å². The highest BCUT2D eigenvalue weighted by atomic mass is 32.1. The molecule has 2 aromatic rings. The predicted octanol–water partition coefficient (Wildman–Crippen LogP) is 3.00. The molecule has 2 rings (SSSR count). The summed E-state index contributed by atoms with van der Waals surface area (Å²) >= 11 is 5.32. The molecule has 0 fully saturated rings. The predicted molar refractivity (Wildman–Crippen MR) is 76.1 cm³/mol. The van der Waals surface area contributed by atoms with Crippen molar-refractivity contribution in [2.24, 2.45) is 0 Å². The Morgan fingerprint density at radius 3 is 2.53 bits per heavy atom. The summed E-state index contributed by atoms with van der Waals surface area (Å²) in [7, 11) is 0. The van der Waals surface area contributed by atoms with Gasteiger partial charge in [0.2, 0.25) is 5.78 Å². The molecule has 0 aliphatic rings. The van der Waals surface area contributed by atoms with Crippen LogP contribution in [-0.4, -0.2) is 20.0 Å². The third kappa shape index (κ3) is 2.33. The number of hydrogen-bond acceptors (Lipinski definition) is 3. The highest BCUT2D eigenvalue weighted by Gasteiger charge is 2.18. The van der Waals surface area contributed by atoms with E-state index in [0.29, 0.717) is 29.1 Å². The van der Waals surface area contributed by atoms with Gasteiger partial charge in [-0.15, -0.1) is 0 Å². The molecule has 0 bridgehead atoms. The zero-order chi connectivity index (χ0) is 14.0. The Bertz CT molecular complexity index is 670. The van der Waals surface area contributed by atoms with Crippen LogP contribution in [0.15, 0.2) is 30.5 Å². The number of imidazole rings is 1. The lowest BCUT2D eigenvalue weighted by Gasteiger charge is -2.05. The first kappa shape index (κ1) is 13.5. The van der Waals surface area contributed by atoms with Gasteiger partial charge in [0.25, 0.3) is 0 Å². The summed E-state index contributed by atoms with van der Waals surface area (Å²) in [5, 5.41) is 9.78. The van der Waals surface area contributed by atoms with Crippen LogP contribution in [0.1, 0.15) is 29.9 Å². The smallest absolute Gasteiger partial charge is 0.214 e. The van der Waals surface area contributed by atoms with Crippen LogP contribution in [-0.2, 0) is 13.1 Å². The Balaban J connectivity index is 2.57. The fraction of sp³-hybridized carbons (Fsp3) is 0.286. The van der Waals surface area contributed by atoms with Gasteiger partial charge in [0.05, 0.1) is 5.56 Å². The molecule has 0 saturated heterocycles. The van der Waals surface area contributed by atoms with Crippen molar-refractivity contribution in [3.63, 3.8) is 0 Å². The van der Waals surface area contributed by atoms with Crippen LogP contribution in [0.2, 0.25) is 0 Å². The van der Waals surface area contributed by atoms with Gasteiger partial charge in [-0.2, -0.15) is 0 Å². The molecular weight excluding hydrogens is 260 g/mol.